The molecule has 3 aromatic rings. The van der Waals surface area contributed by atoms with Crippen LogP contribution >= 0.6 is 0 Å². The second kappa shape index (κ2) is 7.47. The Morgan fingerprint density at radius 1 is 1.31 bits per heavy atom. The molecule has 8 nitrogen and oxygen atoms in total. The number of anilines is 3. The minimum absolute atomic E-state index is 0.291. The second-order valence-corrected chi connectivity index (χ2v) is 5.50. The smallest absolute Gasteiger partial charge is 0.247 e. The second-order valence-electron chi connectivity index (χ2n) is 5.50. The van der Waals surface area contributed by atoms with Gasteiger partial charge in [0, 0.05) is 25.0 Å². The number of amides is 1. The van der Waals surface area contributed by atoms with Gasteiger partial charge < -0.3 is 15.4 Å². The zero-order valence-corrected chi connectivity index (χ0v) is 14.4. The predicted octanol–water partition coefficient (Wildman–Crippen LogP) is 3.18. The molecule has 0 saturated heterocycles. The quantitative estimate of drug-likeness (QED) is 0.663. The first kappa shape index (κ1) is 17.2. The van der Waals surface area contributed by atoms with Crippen molar-refractivity contribution in [2.75, 3.05) is 10.6 Å². The van der Waals surface area contributed by atoms with Crippen molar-refractivity contribution in [2.24, 2.45) is 7.05 Å². The average Bonchev–Trinajstić information content (AvgIpc) is 3.03. The van der Waals surface area contributed by atoms with Crippen LogP contribution in [0.1, 0.15) is 5.69 Å². The van der Waals surface area contributed by atoms with Crippen LogP contribution in [0, 0.1) is 6.92 Å². The number of hydrogen-bond donors (Lipinski definition) is 2. The Morgan fingerprint density at radius 2 is 2.15 bits per heavy atom. The fourth-order valence-corrected chi connectivity index (χ4v) is 2.17. The number of carbonyl (C=O) groups is 1. The summed E-state index contributed by atoms with van der Waals surface area (Å²) in [7, 11) is 1.83. The van der Waals surface area contributed by atoms with Gasteiger partial charge in [-0.2, -0.15) is 10.1 Å². The lowest BCUT2D eigenvalue weighted by atomic mass is 10.3. The molecule has 0 bridgehead atoms. The van der Waals surface area contributed by atoms with Gasteiger partial charge in [-0.25, -0.2) is 0 Å². The third-order valence-corrected chi connectivity index (χ3v) is 3.39. The summed E-state index contributed by atoms with van der Waals surface area (Å²) in [6.45, 7) is 5.23. The standard InChI is InChI=1S/C18H18N6O2/c1-4-17(25)22-13-6-5-7-15(8-13)26-18-12(2)19-10-16(23-18)21-14-9-20-24(3)11-14/h4-11H,1H2,2-3H3,(H,21,23)(H,22,25). The minimum atomic E-state index is -0.291. The van der Waals surface area contributed by atoms with Crippen LogP contribution in [-0.4, -0.2) is 25.7 Å². The molecular weight excluding hydrogens is 332 g/mol. The third kappa shape index (κ3) is 4.23. The Kier molecular flexibility index (Phi) is 4.93. The molecule has 0 unspecified atom stereocenters. The van der Waals surface area contributed by atoms with Gasteiger partial charge in [-0.05, 0) is 25.1 Å². The molecule has 0 aliphatic carbocycles. The van der Waals surface area contributed by atoms with E-state index in [0.29, 0.717) is 28.8 Å². The van der Waals surface area contributed by atoms with Crippen LogP contribution in [0.5, 0.6) is 11.6 Å². The number of rotatable bonds is 6. The van der Waals surface area contributed by atoms with Gasteiger partial charge in [0.1, 0.15) is 5.75 Å². The number of carbonyl (C=O) groups excluding carboxylic acids is 1. The van der Waals surface area contributed by atoms with Crippen molar-refractivity contribution in [3.63, 3.8) is 0 Å². The molecule has 0 spiro atoms. The molecule has 2 N–H and O–H groups in total. The summed E-state index contributed by atoms with van der Waals surface area (Å²) in [6.07, 6.45) is 6.34. The highest BCUT2D eigenvalue weighted by atomic mass is 16.5. The molecule has 3 rings (SSSR count). The molecule has 0 atom stereocenters. The first-order valence-electron chi connectivity index (χ1n) is 7.84. The predicted molar refractivity (Wildman–Crippen MR) is 98.6 cm³/mol. The zero-order chi connectivity index (χ0) is 18.5. The lowest BCUT2D eigenvalue weighted by Gasteiger charge is -2.10. The van der Waals surface area contributed by atoms with Crippen LogP contribution in [0.4, 0.5) is 17.2 Å². The molecule has 132 valence electrons. The van der Waals surface area contributed by atoms with Crippen LogP contribution in [0.25, 0.3) is 0 Å². The van der Waals surface area contributed by atoms with E-state index in [1.807, 2.05) is 13.2 Å². The number of benzene rings is 1. The van der Waals surface area contributed by atoms with Gasteiger partial charge in [0.15, 0.2) is 5.82 Å². The maximum atomic E-state index is 11.4. The van der Waals surface area contributed by atoms with E-state index in [4.69, 9.17) is 4.74 Å². The van der Waals surface area contributed by atoms with Crippen molar-refractivity contribution in [2.45, 2.75) is 6.92 Å². The molecule has 1 amide bonds. The van der Waals surface area contributed by atoms with E-state index in [2.05, 4.69) is 32.3 Å². The van der Waals surface area contributed by atoms with Gasteiger partial charge in [-0.15, -0.1) is 0 Å². The van der Waals surface area contributed by atoms with E-state index in [1.165, 1.54) is 6.08 Å². The highest BCUT2D eigenvalue weighted by molar-refractivity contribution is 5.98. The van der Waals surface area contributed by atoms with E-state index in [0.717, 1.165) is 5.69 Å². The maximum absolute atomic E-state index is 11.4. The summed E-state index contributed by atoms with van der Waals surface area (Å²) in [5, 5.41) is 9.90. The Balaban J connectivity index is 1.78. The van der Waals surface area contributed by atoms with Gasteiger partial charge in [-0.3, -0.25) is 14.5 Å². The SMILES string of the molecule is C=CC(=O)Nc1cccc(Oc2nc(Nc3cnn(C)c3)cnc2C)c1. The lowest BCUT2D eigenvalue weighted by Crippen LogP contribution is -2.07. The third-order valence-electron chi connectivity index (χ3n) is 3.39. The van der Waals surface area contributed by atoms with Crippen molar-refractivity contribution in [1.82, 2.24) is 19.7 Å². The van der Waals surface area contributed by atoms with E-state index < -0.39 is 0 Å². The average molecular weight is 350 g/mol. The summed E-state index contributed by atoms with van der Waals surface area (Å²) in [4.78, 5) is 20.2. The number of ether oxygens (including phenoxy) is 1. The molecule has 2 aromatic heterocycles. The largest absolute Gasteiger partial charge is 0.437 e. The normalized spacial score (nSPS) is 10.2. The van der Waals surface area contributed by atoms with Gasteiger partial charge in [0.05, 0.1) is 23.8 Å². The number of nitrogens with zero attached hydrogens (tertiary/aromatic N) is 4. The topological polar surface area (TPSA) is 94.0 Å². The monoisotopic (exact) mass is 350 g/mol. The summed E-state index contributed by atoms with van der Waals surface area (Å²) >= 11 is 0. The van der Waals surface area contributed by atoms with Gasteiger partial charge in [-0.1, -0.05) is 12.6 Å². The fourth-order valence-electron chi connectivity index (χ4n) is 2.17. The van der Waals surface area contributed by atoms with Crippen LogP contribution in [0.3, 0.4) is 0 Å². The van der Waals surface area contributed by atoms with Crippen LogP contribution < -0.4 is 15.4 Å². The molecular formula is C18H18N6O2. The summed E-state index contributed by atoms with van der Waals surface area (Å²) in [5.41, 5.74) is 2.04. The summed E-state index contributed by atoms with van der Waals surface area (Å²) < 4.78 is 7.52. The Morgan fingerprint density at radius 3 is 2.88 bits per heavy atom. The van der Waals surface area contributed by atoms with E-state index in [-0.39, 0.29) is 5.91 Å². The molecule has 1 aromatic carbocycles. The van der Waals surface area contributed by atoms with E-state index in [9.17, 15) is 4.79 Å². The van der Waals surface area contributed by atoms with Crippen molar-refractivity contribution >= 4 is 23.1 Å². The van der Waals surface area contributed by atoms with Crippen molar-refractivity contribution in [1.29, 1.82) is 0 Å². The molecule has 26 heavy (non-hydrogen) atoms. The Hall–Kier alpha value is -3.68. The lowest BCUT2D eigenvalue weighted by molar-refractivity contribution is -0.111. The maximum Gasteiger partial charge on any atom is 0.247 e. The Labute approximate surface area is 150 Å². The first-order chi connectivity index (χ1) is 12.5. The van der Waals surface area contributed by atoms with Crippen molar-refractivity contribution in [3.05, 3.63) is 61.2 Å². The van der Waals surface area contributed by atoms with Crippen LogP contribution in [0.2, 0.25) is 0 Å². The van der Waals surface area contributed by atoms with Gasteiger partial charge >= 0.3 is 0 Å². The molecule has 0 fully saturated rings. The van der Waals surface area contributed by atoms with E-state index >= 15 is 0 Å². The molecule has 0 saturated carbocycles. The number of aromatic nitrogens is 4. The molecule has 8 heteroatoms. The minimum Gasteiger partial charge on any atom is -0.437 e. The van der Waals surface area contributed by atoms with Crippen molar-refractivity contribution < 1.29 is 9.53 Å². The first-order valence-corrected chi connectivity index (χ1v) is 7.84. The van der Waals surface area contributed by atoms with Crippen LogP contribution in [0.15, 0.2) is 55.5 Å². The number of nitrogens with one attached hydrogen (secondary N) is 2. The highest BCUT2D eigenvalue weighted by Gasteiger charge is 2.09. The highest BCUT2D eigenvalue weighted by Crippen LogP contribution is 2.26. The Bertz CT molecular complexity index is 950. The van der Waals surface area contributed by atoms with Gasteiger partial charge in [0.25, 0.3) is 0 Å². The molecule has 0 aliphatic heterocycles. The summed E-state index contributed by atoms with van der Waals surface area (Å²) in [6, 6.07) is 7.00. The molecule has 0 radical (unpaired) electrons. The van der Waals surface area contributed by atoms with Gasteiger partial charge in [0.2, 0.25) is 11.8 Å². The molecule has 2 heterocycles. The summed E-state index contributed by atoms with van der Waals surface area (Å²) in [5.74, 6) is 1.14. The van der Waals surface area contributed by atoms with Crippen LogP contribution in [-0.2, 0) is 11.8 Å². The number of aryl methyl sites for hydroxylation is 2. The van der Waals surface area contributed by atoms with Crippen molar-refractivity contribution in [3.8, 4) is 11.6 Å². The fraction of sp³-hybridized carbons (Fsp3) is 0.111. The molecule has 0 aliphatic rings. The number of hydrogen-bond acceptors (Lipinski definition) is 6. The van der Waals surface area contributed by atoms with E-state index in [1.54, 1.807) is 48.3 Å². The zero-order valence-electron chi connectivity index (χ0n) is 14.4.